The number of para-hydroxylation sites is 2. The molecule has 3 rings (SSSR count). The molecule has 27 heavy (non-hydrogen) atoms. The Labute approximate surface area is 157 Å². The minimum absolute atomic E-state index is 0.0885. The SMILES string of the molecule is Cc1cccc(NCC(=O)N2c3ccccc3NC(=O)C2(C)C)c1C(N)=O. The minimum Gasteiger partial charge on any atom is -0.375 e. The van der Waals surface area contributed by atoms with Crippen LogP contribution in [0.5, 0.6) is 0 Å². The summed E-state index contributed by atoms with van der Waals surface area (Å²) in [5.41, 5.74) is 7.19. The molecule has 2 aromatic carbocycles. The van der Waals surface area contributed by atoms with Crippen molar-refractivity contribution in [3.63, 3.8) is 0 Å². The topological polar surface area (TPSA) is 105 Å². The number of anilines is 3. The Kier molecular flexibility index (Phi) is 4.61. The summed E-state index contributed by atoms with van der Waals surface area (Å²) in [5.74, 6) is -1.12. The Bertz CT molecular complexity index is 937. The van der Waals surface area contributed by atoms with Gasteiger partial charge in [0.1, 0.15) is 5.54 Å². The molecule has 7 heteroatoms. The summed E-state index contributed by atoms with van der Waals surface area (Å²) in [6.07, 6.45) is 0. The van der Waals surface area contributed by atoms with Crippen molar-refractivity contribution < 1.29 is 14.4 Å². The molecule has 3 amide bonds. The standard InChI is InChI=1S/C20H22N4O3/c1-12-7-6-9-14(17(12)18(21)26)22-11-16(25)24-15-10-5-4-8-13(15)23-19(27)20(24,2)3/h4-10,22H,11H2,1-3H3,(H2,21,26)(H,23,27). The van der Waals surface area contributed by atoms with Gasteiger partial charge in [0.25, 0.3) is 5.91 Å². The van der Waals surface area contributed by atoms with E-state index in [4.69, 9.17) is 5.73 Å². The zero-order valence-corrected chi connectivity index (χ0v) is 15.5. The van der Waals surface area contributed by atoms with Gasteiger partial charge in [0, 0.05) is 5.69 Å². The molecule has 1 aliphatic rings. The van der Waals surface area contributed by atoms with Crippen molar-refractivity contribution in [3.05, 3.63) is 53.6 Å². The smallest absolute Gasteiger partial charge is 0.251 e. The van der Waals surface area contributed by atoms with Gasteiger partial charge in [0.15, 0.2) is 0 Å². The van der Waals surface area contributed by atoms with Gasteiger partial charge in [-0.25, -0.2) is 0 Å². The fraction of sp³-hybridized carbons (Fsp3) is 0.250. The van der Waals surface area contributed by atoms with Crippen molar-refractivity contribution in [1.82, 2.24) is 0 Å². The predicted octanol–water partition coefficient (Wildman–Crippen LogP) is 2.27. The van der Waals surface area contributed by atoms with Crippen LogP contribution in [0, 0.1) is 6.92 Å². The van der Waals surface area contributed by atoms with Crippen molar-refractivity contribution in [2.75, 3.05) is 22.1 Å². The van der Waals surface area contributed by atoms with Crippen molar-refractivity contribution in [2.24, 2.45) is 5.73 Å². The fourth-order valence-corrected chi connectivity index (χ4v) is 3.29. The molecule has 0 aromatic heterocycles. The number of nitrogens with one attached hydrogen (secondary N) is 2. The van der Waals surface area contributed by atoms with Crippen LogP contribution in [-0.2, 0) is 9.59 Å². The van der Waals surface area contributed by atoms with E-state index in [0.717, 1.165) is 5.56 Å². The third-order valence-corrected chi connectivity index (χ3v) is 4.71. The van der Waals surface area contributed by atoms with Crippen LogP contribution < -0.4 is 21.3 Å². The number of hydrogen-bond acceptors (Lipinski definition) is 4. The third kappa shape index (κ3) is 3.23. The highest BCUT2D eigenvalue weighted by molar-refractivity contribution is 6.15. The van der Waals surface area contributed by atoms with Gasteiger partial charge in [-0.05, 0) is 44.5 Å². The Morgan fingerprint density at radius 2 is 1.85 bits per heavy atom. The number of nitrogens with zero attached hydrogens (tertiary/aromatic N) is 1. The van der Waals surface area contributed by atoms with Gasteiger partial charge >= 0.3 is 0 Å². The van der Waals surface area contributed by atoms with Crippen LogP contribution >= 0.6 is 0 Å². The number of rotatable bonds is 4. The maximum Gasteiger partial charge on any atom is 0.251 e. The minimum atomic E-state index is -1.05. The first kappa shape index (κ1) is 18.4. The summed E-state index contributed by atoms with van der Waals surface area (Å²) in [6.45, 7) is 5.07. The summed E-state index contributed by atoms with van der Waals surface area (Å²) in [7, 11) is 0. The van der Waals surface area contributed by atoms with Gasteiger partial charge < -0.3 is 16.4 Å². The fourth-order valence-electron chi connectivity index (χ4n) is 3.29. The molecule has 0 atom stereocenters. The van der Waals surface area contributed by atoms with E-state index in [0.29, 0.717) is 22.6 Å². The van der Waals surface area contributed by atoms with Gasteiger partial charge in [-0.15, -0.1) is 0 Å². The lowest BCUT2D eigenvalue weighted by molar-refractivity contribution is -0.125. The monoisotopic (exact) mass is 366 g/mol. The van der Waals surface area contributed by atoms with Crippen LogP contribution in [-0.4, -0.2) is 29.8 Å². The van der Waals surface area contributed by atoms with Crippen LogP contribution in [0.15, 0.2) is 42.5 Å². The maximum absolute atomic E-state index is 13.0. The van der Waals surface area contributed by atoms with E-state index in [-0.39, 0.29) is 18.4 Å². The number of carbonyl (C=O) groups is 3. The number of carbonyl (C=O) groups excluding carboxylic acids is 3. The van der Waals surface area contributed by atoms with Gasteiger partial charge in [-0.3, -0.25) is 19.3 Å². The second-order valence-electron chi connectivity index (χ2n) is 6.97. The van der Waals surface area contributed by atoms with Crippen LogP contribution in [0.2, 0.25) is 0 Å². The average molecular weight is 366 g/mol. The molecular weight excluding hydrogens is 344 g/mol. The predicted molar refractivity (Wildman–Crippen MR) is 105 cm³/mol. The third-order valence-electron chi connectivity index (χ3n) is 4.71. The number of aryl methyl sites for hydroxylation is 1. The number of hydrogen-bond donors (Lipinski definition) is 3. The van der Waals surface area contributed by atoms with Crippen molar-refractivity contribution >= 4 is 34.8 Å². The summed E-state index contributed by atoms with van der Waals surface area (Å²) >= 11 is 0. The molecule has 0 saturated heterocycles. The van der Waals surface area contributed by atoms with Gasteiger partial charge in [0.05, 0.1) is 23.5 Å². The molecule has 0 aliphatic carbocycles. The van der Waals surface area contributed by atoms with Crippen LogP contribution in [0.1, 0.15) is 29.8 Å². The lowest BCUT2D eigenvalue weighted by atomic mass is 9.96. The molecule has 4 N–H and O–H groups in total. The quantitative estimate of drug-likeness (QED) is 0.772. The van der Waals surface area contributed by atoms with E-state index in [1.54, 1.807) is 57.2 Å². The molecule has 0 bridgehead atoms. The average Bonchev–Trinajstić information content (AvgIpc) is 2.60. The summed E-state index contributed by atoms with van der Waals surface area (Å²) < 4.78 is 0. The summed E-state index contributed by atoms with van der Waals surface area (Å²) in [6, 6.07) is 12.4. The van der Waals surface area contributed by atoms with E-state index in [2.05, 4.69) is 10.6 Å². The second-order valence-corrected chi connectivity index (χ2v) is 6.97. The Hall–Kier alpha value is -3.35. The van der Waals surface area contributed by atoms with E-state index in [1.165, 1.54) is 4.90 Å². The Morgan fingerprint density at radius 3 is 2.56 bits per heavy atom. The van der Waals surface area contributed by atoms with Gasteiger partial charge in [0.2, 0.25) is 11.8 Å². The Morgan fingerprint density at radius 1 is 1.15 bits per heavy atom. The Balaban J connectivity index is 1.90. The number of benzene rings is 2. The van der Waals surface area contributed by atoms with Crippen LogP contribution in [0.25, 0.3) is 0 Å². The van der Waals surface area contributed by atoms with E-state index < -0.39 is 11.4 Å². The zero-order chi connectivity index (χ0) is 19.8. The molecule has 7 nitrogen and oxygen atoms in total. The van der Waals surface area contributed by atoms with Crippen molar-refractivity contribution in [3.8, 4) is 0 Å². The van der Waals surface area contributed by atoms with E-state index >= 15 is 0 Å². The first-order valence-electron chi connectivity index (χ1n) is 8.60. The van der Waals surface area contributed by atoms with Gasteiger partial charge in [-0.1, -0.05) is 24.3 Å². The first-order valence-corrected chi connectivity index (χ1v) is 8.60. The number of nitrogens with two attached hydrogens (primary N) is 1. The lowest BCUT2D eigenvalue weighted by Crippen LogP contribution is -2.59. The number of amides is 3. The zero-order valence-electron chi connectivity index (χ0n) is 15.5. The molecule has 1 aliphatic heterocycles. The molecule has 0 fully saturated rings. The van der Waals surface area contributed by atoms with Gasteiger partial charge in [-0.2, -0.15) is 0 Å². The highest BCUT2D eigenvalue weighted by Crippen LogP contribution is 2.36. The number of fused-ring (bicyclic) bond motifs is 1. The largest absolute Gasteiger partial charge is 0.375 e. The summed E-state index contributed by atoms with van der Waals surface area (Å²) in [5, 5.41) is 5.82. The van der Waals surface area contributed by atoms with Crippen LogP contribution in [0.3, 0.4) is 0 Å². The normalized spacial score (nSPS) is 14.9. The second kappa shape index (κ2) is 6.75. The molecule has 0 spiro atoms. The van der Waals surface area contributed by atoms with Crippen molar-refractivity contribution in [1.29, 1.82) is 0 Å². The molecular formula is C20H22N4O3. The van der Waals surface area contributed by atoms with E-state index in [1.807, 2.05) is 6.07 Å². The maximum atomic E-state index is 13.0. The molecule has 0 unspecified atom stereocenters. The number of primary amides is 1. The molecule has 0 saturated carbocycles. The molecule has 2 aromatic rings. The van der Waals surface area contributed by atoms with Crippen LogP contribution in [0.4, 0.5) is 17.1 Å². The first-order chi connectivity index (χ1) is 12.7. The molecule has 140 valence electrons. The van der Waals surface area contributed by atoms with Crippen molar-refractivity contribution in [2.45, 2.75) is 26.3 Å². The molecule has 0 radical (unpaired) electrons. The summed E-state index contributed by atoms with van der Waals surface area (Å²) in [4.78, 5) is 38.7. The lowest BCUT2D eigenvalue weighted by Gasteiger charge is -2.42. The van der Waals surface area contributed by atoms with E-state index in [9.17, 15) is 14.4 Å². The highest BCUT2D eigenvalue weighted by Gasteiger charge is 2.43. The molecule has 1 heterocycles. The highest BCUT2D eigenvalue weighted by atomic mass is 16.2.